The van der Waals surface area contributed by atoms with Gasteiger partial charge in [-0.05, 0) is 90.0 Å². The quantitative estimate of drug-likeness (QED) is 0.119. The van der Waals surface area contributed by atoms with Gasteiger partial charge < -0.3 is 24.1 Å². The Kier molecular flexibility index (Phi) is 12.1. The second-order valence-corrected chi connectivity index (χ2v) is 17.1. The predicted molar refractivity (Wildman–Crippen MR) is 202 cm³/mol. The average Bonchev–Trinajstić information content (AvgIpc) is 3.58. The van der Waals surface area contributed by atoms with E-state index in [0.29, 0.717) is 44.3 Å². The summed E-state index contributed by atoms with van der Waals surface area (Å²) in [6.07, 6.45) is 8.26. The van der Waals surface area contributed by atoms with E-state index >= 15 is 0 Å². The number of thioether (sulfide) groups is 1. The van der Waals surface area contributed by atoms with Gasteiger partial charge in [0.2, 0.25) is 0 Å². The third-order valence-electron chi connectivity index (χ3n) is 11.4. The number of alkyl carbamates (subject to hydrolysis) is 1. The number of nitriles is 1. The van der Waals surface area contributed by atoms with E-state index in [1.54, 1.807) is 6.20 Å². The summed E-state index contributed by atoms with van der Waals surface area (Å²) < 4.78 is 25.2. The van der Waals surface area contributed by atoms with Crippen LogP contribution in [0.5, 0.6) is 0 Å². The molecule has 3 aliphatic carbocycles. The molecule has 51 heavy (non-hydrogen) atoms. The molecule has 1 aromatic heterocycles. The average molecular weight is 710 g/mol. The molecule has 4 fully saturated rings. The van der Waals surface area contributed by atoms with E-state index in [1.807, 2.05) is 48.2 Å². The smallest absolute Gasteiger partial charge is 0.449 e. The molecule has 4 aliphatic rings. The molecule has 3 unspecified atom stereocenters. The largest absolute Gasteiger partial charge is 0.481 e. The number of nitrogens with zero attached hydrogens (tertiary/aromatic N) is 2. The van der Waals surface area contributed by atoms with Gasteiger partial charge in [-0.2, -0.15) is 17.0 Å². The Hall–Kier alpha value is -3.36. The van der Waals surface area contributed by atoms with Crippen molar-refractivity contribution in [2.75, 3.05) is 19.5 Å². The van der Waals surface area contributed by atoms with Crippen LogP contribution >= 0.6 is 11.8 Å². The highest BCUT2D eigenvalue weighted by Crippen LogP contribution is 2.61. The lowest BCUT2D eigenvalue weighted by Gasteiger charge is -2.60. The summed E-state index contributed by atoms with van der Waals surface area (Å²) in [6.45, 7) is 10.5. The number of amides is 1. The number of aromatic nitrogens is 1. The zero-order valence-electron chi connectivity index (χ0n) is 30.7. The molecule has 2 heterocycles. The van der Waals surface area contributed by atoms with Gasteiger partial charge >= 0.3 is 13.2 Å². The van der Waals surface area contributed by atoms with Crippen LogP contribution in [0.15, 0.2) is 72.9 Å². The first kappa shape index (κ1) is 37.4. The number of nitrogens with one attached hydrogen (secondary N) is 1. The van der Waals surface area contributed by atoms with Crippen LogP contribution < -0.4 is 5.32 Å². The zero-order valence-corrected chi connectivity index (χ0v) is 31.5. The number of ether oxygens (including phenoxy) is 2. The molecule has 1 saturated heterocycles. The number of hydrogen-bond acceptors (Lipinski definition) is 8. The number of hydrogen-bond donors (Lipinski definition) is 1. The molecule has 1 N–H and O–H groups in total. The third kappa shape index (κ3) is 9.36. The van der Waals surface area contributed by atoms with Crippen molar-refractivity contribution in [2.45, 2.75) is 102 Å². The molecule has 0 radical (unpaired) electrons. The summed E-state index contributed by atoms with van der Waals surface area (Å²) in [5.41, 5.74) is 5.20. The fourth-order valence-electron chi connectivity index (χ4n) is 7.92. The number of carbonyl (C=O) groups is 1. The maximum absolute atomic E-state index is 13.3. The summed E-state index contributed by atoms with van der Waals surface area (Å²) in [7, 11) is -0.532. The maximum Gasteiger partial charge on any atom is 0.481 e. The Labute approximate surface area is 308 Å². The van der Waals surface area contributed by atoms with Gasteiger partial charge in [0.1, 0.15) is 0 Å². The Balaban J connectivity index is 1.09. The van der Waals surface area contributed by atoms with Crippen molar-refractivity contribution in [2.24, 2.45) is 17.3 Å². The summed E-state index contributed by atoms with van der Waals surface area (Å²) >= 11 is 1.84. The molecular formula is C41H52BN3O5S. The maximum atomic E-state index is 13.3. The molecule has 10 heteroatoms. The van der Waals surface area contributed by atoms with E-state index in [2.05, 4.69) is 80.7 Å². The van der Waals surface area contributed by atoms with Crippen LogP contribution in [0, 0.1) is 28.6 Å². The first-order chi connectivity index (χ1) is 24.5. The molecular weight excluding hydrogens is 657 g/mol. The highest BCUT2D eigenvalue weighted by molar-refractivity contribution is 7.99. The van der Waals surface area contributed by atoms with Crippen LogP contribution in [0.25, 0.3) is 0 Å². The van der Waals surface area contributed by atoms with Gasteiger partial charge in [0.05, 0.1) is 49.0 Å². The van der Waals surface area contributed by atoms with Crippen molar-refractivity contribution in [3.05, 3.63) is 101 Å². The van der Waals surface area contributed by atoms with E-state index in [-0.39, 0.29) is 40.8 Å². The highest BCUT2D eigenvalue weighted by Gasteiger charge is 2.62. The van der Waals surface area contributed by atoms with Gasteiger partial charge in [0, 0.05) is 24.0 Å². The zero-order chi connectivity index (χ0) is 36.0. The number of pyridine rings is 1. The summed E-state index contributed by atoms with van der Waals surface area (Å²) in [6, 6.07) is 24.5. The lowest BCUT2D eigenvalue weighted by molar-refractivity contribution is -0.150. The first-order valence-corrected chi connectivity index (χ1v) is 19.6. The molecule has 6 atom stereocenters. The van der Waals surface area contributed by atoms with Crippen LogP contribution in [0.3, 0.4) is 0 Å². The second kappa shape index (κ2) is 16.5. The van der Waals surface area contributed by atoms with Crippen molar-refractivity contribution in [1.29, 1.82) is 5.26 Å². The minimum Gasteiger partial charge on any atom is -0.449 e. The predicted octanol–water partition coefficient (Wildman–Crippen LogP) is 7.74. The molecule has 7 rings (SSSR count). The fraction of sp³-hybridized carbons (Fsp3) is 0.537. The van der Waals surface area contributed by atoms with Crippen LogP contribution in [-0.4, -0.2) is 60.6 Å². The highest BCUT2D eigenvalue weighted by atomic mass is 32.2. The number of carbonyl (C=O) groups excluding carboxylic acids is 1. The van der Waals surface area contributed by atoms with Crippen LogP contribution in [-0.2, 0) is 44.7 Å². The lowest BCUT2D eigenvalue weighted by Crippen LogP contribution is -2.59. The van der Waals surface area contributed by atoms with Crippen LogP contribution in [0.4, 0.5) is 4.79 Å². The van der Waals surface area contributed by atoms with Gasteiger partial charge in [-0.15, -0.1) is 0 Å². The molecule has 270 valence electrons. The van der Waals surface area contributed by atoms with Crippen molar-refractivity contribution in [3.8, 4) is 6.07 Å². The van der Waals surface area contributed by atoms with Gasteiger partial charge in [0.15, 0.2) is 0 Å². The topological polar surface area (TPSA) is 103 Å². The molecule has 2 aromatic carbocycles. The van der Waals surface area contributed by atoms with E-state index in [9.17, 15) is 10.1 Å². The Morgan fingerprint density at radius 1 is 1.04 bits per heavy atom. The van der Waals surface area contributed by atoms with Crippen molar-refractivity contribution in [1.82, 2.24) is 10.3 Å². The van der Waals surface area contributed by atoms with Gasteiger partial charge in [-0.1, -0.05) is 82.3 Å². The SMILES string of the molecule is CSC(C)(C)CCOCc1cc(CCOC(=O)N[C@@H](Cc2ccccc2)B2O[C@@H]3CC4CC([C@@H]3O2)C4(C)C)cc(CC(C#N)c2ccccn2)c1. The van der Waals surface area contributed by atoms with Crippen LogP contribution in [0.1, 0.15) is 80.8 Å². The van der Waals surface area contributed by atoms with Gasteiger partial charge in [-0.25, -0.2) is 4.79 Å². The normalized spacial score (nSPS) is 23.0. The van der Waals surface area contributed by atoms with Gasteiger partial charge in [-0.3, -0.25) is 4.98 Å². The Bertz CT molecular complexity index is 1650. The van der Waals surface area contributed by atoms with Crippen molar-refractivity contribution in [3.63, 3.8) is 0 Å². The fourth-order valence-corrected chi connectivity index (χ4v) is 8.21. The van der Waals surface area contributed by atoms with E-state index in [0.717, 1.165) is 40.8 Å². The second-order valence-electron chi connectivity index (χ2n) is 15.6. The molecule has 2 bridgehead atoms. The monoisotopic (exact) mass is 709 g/mol. The Morgan fingerprint density at radius 2 is 1.80 bits per heavy atom. The Morgan fingerprint density at radius 3 is 2.53 bits per heavy atom. The first-order valence-electron chi connectivity index (χ1n) is 18.4. The minimum absolute atomic E-state index is 0.0619. The molecule has 0 spiro atoms. The molecule has 3 saturated carbocycles. The number of benzene rings is 2. The van der Waals surface area contributed by atoms with Gasteiger partial charge in [0.25, 0.3) is 0 Å². The van der Waals surface area contributed by atoms with Crippen molar-refractivity contribution < 1.29 is 23.6 Å². The minimum atomic E-state index is -0.532. The molecule has 8 nitrogen and oxygen atoms in total. The lowest BCUT2D eigenvalue weighted by atomic mass is 9.47. The summed E-state index contributed by atoms with van der Waals surface area (Å²) in [5, 5.41) is 13.1. The van der Waals surface area contributed by atoms with Crippen molar-refractivity contribution >= 4 is 25.0 Å². The van der Waals surface area contributed by atoms with Crippen LogP contribution in [0.2, 0.25) is 0 Å². The van der Waals surface area contributed by atoms with E-state index < -0.39 is 13.2 Å². The molecule has 1 aliphatic heterocycles. The molecule has 1 amide bonds. The summed E-state index contributed by atoms with van der Waals surface area (Å²) in [5.74, 6) is 0.386. The van der Waals surface area contributed by atoms with E-state index in [1.165, 1.54) is 6.42 Å². The number of rotatable bonds is 16. The standard InChI is InChI=1S/C41H52BN3O5S/c1-40(2,51-5)15-18-47-27-31-20-29(19-30(21-31)22-32(26-43)35-13-9-10-16-44-35)14-17-48-39(46)45-37(23-28-11-7-6-8-12-28)42-49-36-25-33-24-34(38(36)50-42)41(33,3)4/h6-13,16,19-21,32-34,36-38H,14-15,17-18,22-25,27H2,1-5H3,(H,45,46)/t32?,33?,34?,36-,37+,38+/m1/s1. The summed E-state index contributed by atoms with van der Waals surface area (Å²) in [4.78, 5) is 17.8. The molecule has 3 aromatic rings. The third-order valence-corrected chi connectivity index (χ3v) is 12.7. The van der Waals surface area contributed by atoms with E-state index in [4.69, 9.17) is 18.8 Å².